The molecule has 3 N–H and O–H groups in total. The van der Waals surface area contributed by atoms with Gasteiger partial charge < -0.3 is 25.1 Å². The van der Waals surface area contributed by atoms with Gasteiger partial charge in [-0.2, -0.15) is 0 Å². The maximum atomic E-state index is 13.1. The molecule has 1 fully saturated rings. The topological polar surface area (TPSA) is 84.2 Å². The lowest BCUT2D eigenvalue weighted by Crippen LogP contribution is -2.35. The van der Waals surface area contributed by atoms with Crippen molar-refractivity contribution < 1.29 is 20.1 Å². The first kappa shape index (κ1) is 19.6. The van der Waals surface area contributed by atoms with Gasteiger partial charge in [0, 0.05) is 37.9 Å². The molecule has 6 nitrogen and oxygen atoms in total. The zero-order chi connectivity index (χ0) is 20.7. The number of anilines is 1. The lowest BCUT2D eigenvalue weighted by Gasteiger charge is -2.31. The summed E-state index contributed by atoms with van der Waals surface area (Å²) < 4.78 is 0. The van der Waals surface area contributed by atoms with E-state index in [2.05, 4.69) is 23.1 Å². The van der Waals surface area contributed by atoms with Crippen LogP contribution in [0.1, 0.15) is 59.7 Å². The van der Waals surface area contributed by atoms with E-state index in [-0.39, 0.29) is 35.0 Å². The number of rotatable bonds is 3. The van der Waals surface area contributed by atoms with Gasteiger partial charge in [0.05, 0.1) is 11.7 Å². The van der Waals surface area contributed by atoms with E-state index in [0.29, 0.717) is 18.7 Å². The van der Waals surface area contributed by atoms with Gasteiger partial charge >= 0.3 is 0 Å². The van der Waals surface area contributed by atoms with Crippen LogP contribution in [0.4, 0.5) is 5.69 Å². The molecule has 0 atom stereocenters. The number of hydrogen-bond donors (Lipinski definition) is 3. The number of benzene rings is 2. The number of aromatic hydroxyl groups is 2. The molecule has 1 saturated heterocycles. The van der Waals surface area contributed by atoms with Crippen LogP contribution < -0.4 is 4.90 Å². The third kappa shape index (κ3) is 3.77. The van der Waals surface area contributed by atoms with Crippen molar-refractivity contribution in [3.8, 4) is 11.5 Å². The third-order valence-corrected chi connectivity index (χ3v) is 6.03. The Labute approximate surface area is 171 Å². The zero-order valence-electron chi connectivity index (χ0n) is 16.9. The lowest BCUT2D eigenvalue weighted by molar-refractivity contribution is 0.0748. The van der Waals surface area contributed by atoms with E-state index >= 15 is 0 Å². The molecule has 2 heterocycles. The summed E-state index contributed by atoms with van der Waals surface area (Å²) in [5, 5.41) is 30.0. The smallest absolute Gasteiger partial charge is 0.258 e. The minimum Gasteiger partial charge on any atom is -0.508 e. The van der Waals surface area contributed by atoms with Crippen molar-refractivity contribution >= 4 is 11.6 Å². The Balaban J connectivity index is 1.54. The van der Waals surface area contributed by atoms with E-state index in [9.17, 15) is 20.1 Å². The average molecular weight is 396 g/mol. The Morgan fingerprint density at radius 1 is 1.00 bits per heavy atom. The van der Waals surface area contributed by atoms with Crippen LogP contribution >= 0.6 is 0 Å². The highest BCUT2D eigenvalue weighted by atomic mass is 16.3. The molecule has 2 aromatic rings. The summed E-state index contributed by atoms with van der Waals surface area (Å²) in [6.45, 7) is 6.55. The molecule has 4 rings (SSSR count). The normalized spacial score (nSPS) is 17.1. The van der Waals surface area contributed by atoms with Crippen LogP contribution in [0, 0.1) is 0 Å². The highest BCUT2D eigenvalue weighted by molar-refractivity contribution is 5.97. The molecular formula is C23H28N2O4. The molecule has 2 aliphatic heterocycles. The second-order valence-electron chi connectivity index (χ2n) is 8.42. The number of aliphatic hydroxyl groups excluding tert-OH is 1. The van der Waals surface area contributed by atoms with Crippen LogP contribution in [0.5, 0.6) is 11.5 Å². The Morgan fingerprint density at radius 2 is 1.69 bits per heavy atom. The van der Waals surface area contributed by atoms with Crippen molar-refractivity contribution in [1.29, 1.82) is 0 Å². The number of carbonyl (C=O) groups excluding carboxylic acids is 1. The van der Waals surface area contributed by atoms with E-state index in [1.165, 1.54) is 6.07 Å². The van der Waals surface area contributed by atoms with Crippen molar-refractivity contribution in [1.82, 2.24) is 4.90 Å². The van der Waals surface area contributed by atoms with Gasteiger partial charge in [-0.3, -0.25) is 4.79 Å². The molecule has 29 heavy (non-hydrogen) atoms. The fourth-order valence-corrected chi connectivity index (χ4v) is 4.24. The highest BCUT2D eigenvalue weighted by Gasteiger charge is 2.28. The summed E-state index contributed by atoms with van der Waals surface area (Å²) in [4.78, 5) is 17.1. The highest BCUT2D eigenvalue weighted by Crippen LogP contribution is 2.35. The van der Waals surface area contributed by atoms with Crippen LogP contribution in [0.3, 0.4) is 0 Å². The molecule has 0 aliphatic carbocycles. The fraction of sp³-hybridized carbons (Fsp3) is 0.435. The molecule has 154 valence electrons. The third-order valence-electron chi connectivity index (χ3n) is 6.03. The summed E-state index contributed by atoms with van der Waals surface area (Å²) in [6, 6.07) is 9.15. The minimum absolute atomic E-state index is 0.00931. The second kappa shape index (κ2) is 7.59. The molecule has 0 unspecified atom stereocenters. The van der Waals surface area contributed by atoms with Crippen molar-refractivity contribution in [2.75, 3.05) is 18.0 Å². The first-order valence-corrected chi connectivity index (χ1v) is 10.2. The van der Waals surface area contributed by atoms with Crippen LogP contribution in [-0.2, 0) is 13.1 Å². The molecule has 1 amide bonds. The van der Waals surface area contributed by atoms with Gasteiger partial charge in [0.25, 0.3) is 5.91 Å². The summed E-state index contributed by atoms with van der Waals surface area (Å²) in [6.07, 6.45) is 1.35. The first-order chi connectivity index (χ1) is 13.8. The molecule has 0 saturated carbocycles. The van der Waals surface area contributed by atoms with Gasteiger partial charge in [-0.05, 0) is 53.6 Å². The summed E-state index contributed by atoms with van der Waals surface area (Å²) in [7, 11) is 0. The summed E-state index contributed by atoms with van der Waals surface area (Å²) in [5.41, 5.74) is 4.23. The number of aliphatic hydroxyl groups is 1. The Bertz CT molecular complexity index is 933. The minimum atomic E-state index is -0.233. The lowest BCUT2D eigenvalue weighted by atomic mass is 9.98. The summed E-state index contributed by atoms with van der Waals surface area (Å²) >= 11 is 0. The number of piperidine rings is 1. The van der Waals surface area contributed by atoms with Crippen LogP contribution in [0.2, 0.25) is 0 Å². The number of phenolic OH excluding ortho intramolecular Hbond substituents is 2. The van der Waals surface area contributed by atoms with E-state index in [1.807, 2.05) is 13.8 Å². The Morgan fingerprint density at radius 3 is 2.38 bits per heavy atom. The first-order valence-electron chi connectivity index (χ1n) is 10.2. The standard InChI is InChI=1S/C23H28N2O4/c1-14(2)19-10-20(22(28)11-21(19)27)23(29)25-12-15-3-4-17(9-16(15)13-25)24-7-5-18(26)6-8-24/h3-4,9-11,14,18,26-28H,5-8,12-13H2,1-2H3. The Hall–Kier alpha value is -2.73. The number of amides is 1. The van der Waals surface area contributed by atoms with E-state index in [1.54, 1.807) is 11.0 Å². The maximum absolute atomic E-state index is 13.1. The Kier molecular flexibility index (Phi) is 5.13. The van der Waals surface area contributed by atoms with E-state index in [4.69, 9.17) is 0 Å². The van der Waals surface area contributed by atoms with Crippen LogP contribution in [0.25, 0.3) is 0 Å². The molecular weight excluding hydrogens is 368 g/mol. The molecule has 0 bridgehead atoms. The largest absolute Gasteiger partial charge is 0.508 e. The van der Waals surface area contributed by atoms with Crippen LogP contribution in [0.15, 0.2) is 30.3 Å². The van der Waals surface area contributed by atoms with Crippen molar-refractivity contribution in [2.24, 2.45) is 0 Å². The van der Waals surface area contributed by atoms with Gasteiger partial charge in [0.1, 0.15) is 11.5 Å². The van der Waals surface area contributed by atoms with Gasteiger partial charge in [-0.15, -0.1) is 0 Å². The van der Waals surface area contributed by atoms with E-state index < -0.39 is 0 Å². The number of phenols is 2. The van der Waals surface area contributed by atoms with Gasteiger partial charge in [0.15, 0.2) is 0 Å². The molecule has 0 spiro atoms. The summed E-state index contributed by atoms with van der Waals surface area (Å²) in [5.74, 6) is -0.373. The monoisotopic (exact) mass is 396 g/mol. The molecule has 0 aromatic heterocycles. The number of carbonyl (C=O) groups is 1. The number of fused-ring (bicyclic) bond motifs is 1. The molecule has 0 radical (unpaired) electrons. The average Bonchev–Trinajstić information content (AvgIpc) is 3.11. The second-order valence-corrected chi connectivity index (χ2v) is 8.42. The van der Waals surface area contributed by atoms with E-state index in [0.717, 1.165) is 42.7 Å². The number of nitrogens with zero attached hydrogens (tertiary/aromatic N) is 2. The SMILES string of the molecule is CC(C)c1cc(C(=O)N2Cc3ccc(N4CCC(O)CC4)cc3C2)c(O)cc1O. The van der Waals surface area contributed by atoms with Gasteiger partial charge in [-0.1, -0.05) is 19.9 Å². The van der Waals surface area contributed by atoms with Crippen molar-refractivity contribution in [3.63, 3.8) is 0 Å². The predicted molar refractivity (Wildman–Crippen MR) is 111 cm³/mol. The number of hydrogen-bond acceptors (Lipinski definition) is 5. The predicted octanol–water partition coefficient (Wildman–Crippen LogP) is 3.34. The van der Waals surface area contributed by atoms with Gasteiger partial charge in [-0.25, -0.2) is 0 Å². The fourth-order valence-electron chi connectivity index (χ4n) is 4.24. The van der Waals surface area contributed by atoms with Crippen molar-refractivity contribution in [3.05, 3.63) is 52.6 Å². The quantitative estimate of drug-likeness (QED) is 0.741. The maximum Gasteiger partial charge on any atom is 0.258 e. The molecule has 2 aromatic carbocycles. The van der Waals surface area contributed by atoms with Crippen LogP contribution in [-0.4, -0.2) is 45.3 Å². The van der Waals surface area contributed by atoms with Crippen molar-refractivity contribution in [2.45, 2.75) is 51.8 Å². The molecule has 2 aliphatic rings. The molecule has 6 heteroatoms. The van der Waals surface area contributed by atoms with Gasteiger partial charge in [0.2, 0.25) is 0 Å². The zero-order valence-corrected chi connectivity index (χ0v) is 16.9.